The van der Waals surface area contributed by atoms with Crippen molar-refractivity contribution in [1.82, 2.24) is 19.7 Å². The summed E-state index contributed by atoms with van der Waals surface area (Å²) in [5.41, 5.74) is 3.05. The van der Waals surface area contributed by atoms with Crippen molar-refractivity contribution >= 4 is 39.4 Å². The van der Waals surface area contributed by atoms with Gasteiger partial charge in [-0.25, -0.2) is 4.98 Å². The SMILES string of the molecule is COc1cc2c(cc1OCCCN1CCN(CCCOc3cccc(-c4nc5ccccc5s4)c3)CC1)N=CC1(C)CCCN1C2=O. The number of carbonyl (C=O) groups is 1. The number of ether oxygens (including phenoxy) is 3. The van der Waals surface area contributed by atoms with Gasteiger partial charge in [-0.05, 0) is 62.9 Å². The van der Waals surface area contributed by atoms with Gasteiger partial charge in [0.25, 0.3) is 5.91 Å². The van der Waals surface area contributed by atoms with Crippen LogP contribution in [0.3, 0.4) is 0 Å². The van der Waals surface area contributed by atoms with Crippen molar-refractivity contribution in [1.29, 1.82) is 0 Å². The van der Waals surface area contributed by atoms with E-state index in [1.807, 2.05) is 35.4 Å². The maximum atomic E-state index is 13.3. The van der Waals surface area contributed by atoms with Crippen LogP contribution in [0.4, 0.5) is 5.69 Å². The fourth-order valence-electron chi connectivity index (χ4n) is 6.81. The van der Waals surface area contributed by atoms with Crippen LogP contribution < -0.4 is 14.2 Å². The number of thiazole rings is 1. The molecule has 7 rings (SSSR count). The van der Waals surface area contributed by atoms with Crippen molar-refractivity contribution in [3.05, 3.63) is 66.2 Å². The highest BCUT2D eigenvalue weighted by Gasteiger charge is 2.41. The third kappa shape index (κ3) is 7.00. The number of para-hydroxylation sites is 1. The zero-order chi connectivity index (χ0) is 32.2. The minimum Gasteiger partial charge on any atom is -0.494 e. The van der Waals surface area contributed by atoms with E-state index in [0.29, 0.717) is 36.0 Å². The van der Waals surface area contributed by atoms with Gasteiger partial charge in [-0.2, -0.15) is 0 Å². The van der Waals surface area contributed by atoms with Crippen LogP contribution in [0.25, 0.3) is 20.8 Å². The Balaban J connectivity index is 0.821. The topological polar surface area (TPSA) is 79.7 Å². The van der Waals surface area contributed by atoms with Crippen molar-refractivity contribution in [3.63, 3.8) is 0 Å². The van der Waals surface area contributed by atoms with Gasteiger partial charge >= 0.3 is 0 Å². The van der Waals surface area contributed by atoms with Crippen molar-refractivity contribution in [2.45, 2.75) is 38.1 Å². The number of hydrogen-bond donors (Lipinski definition) is 0. The molecule has 3 aromatic carbocycles. The van der Waals surface area contributed by atoms with Crippen molar-refractivity contribution < 1.29 is 19.0 Å². The van der Waals surface area contributed by atoms with E-state index in [-0.39, 0.29) is 11.4 Å². The number of carbonyl (C=O) groups excluding carboxylic acids is 1. The molecule has 0 bridgehead atoms. The predicted molar refractivity (Wildman–Crippen MR) is 188 cm³/mol. The third-order valence-electron chi connectivity index (χ3n) is 9.52. The van der Waals surface area contributed by atoms with E-state index >= 15 is 0 Å². The Bertz CT molecular complexity index is 1720. The first-order chi connectivity index (χ1) is 23.0. The molecule has 0 N–H and O–H groups in total. The summed E-state index contributed by atoms with van der Waals surface area (Å²) in [6, 6.07) is 20.2. The summed E-state index contributed by atoms with van der Waals surface area (Å²) in [6.45, 7) is 10.4. The van der Waals surface area contributed by atoms with E-state index in [4.69, 9.17) is 24.2 Å². The van der Waals surface area contributed by atoms with Crippen LogP contribution in [-0.2, 0) is 0 Å². The Kier molecular flexibility index (Phi) is 9.42. The molecular formula is C37H43N5O4S. The molecule has 10 heteroatoms. The minimum absolute atomic E-state index is 0.0142. The number of rotatable bonds is 12. The highest BCUT2D eigenvalue weighted by Crippen LogP contribution is 2.40. The highest BCUT2D eigenvalue weighted by atomic mass is 32.1. The number of aliphatic imine (C=N–C) groups is 1. The van der Waals surface area contributed by atoms with Crippen LogP contribution in [-0.4, -0.2) is 103 Å². The van der Waals surface area contributed by atoms with E-state index in [1.165, 1.54) is 4.70 Å². The number of aromatic nitrogens is 1. The molecule has 1 amide bonds. The number of amides is 1. The van der Waals surface area contributed by atoms with E-state index in [2.05, 4.69) is 47.1 Å². The van der Waals surface area contributed by atoms with E-state index in [9.17, 15) is 4.79 Å². The minimum atomic E-state index is -0.326. The van der Waals surface area contributed by atoms with Crippen LogP contribution in [0, 0.1) is 0 Å². The van der Waals surface area contributed by atoms with Crippen LogP contribution in [0.5, 0.6) is 17.2 Å². The smallest absolute Gasteiger partial charge is 0.256 e. The van der Waals surface area contributed by atoms with Gasteiger partial charge in [0, 0.05) is 63.7 Å². The largest absolute Gasteiger partial charge is 0.494 e. The van der Waals surface area contributed by atoms with Crippen molar-refractivity contribution in [3.8, 4) is 27.8 Å². The van der Waals surface area contributed by atoms with Crippen LogP contribution in [0.1, 0.15) is 43.0 Å². The summed E-state index contributed by atoms with van der Waals surface area (Å²) in [5.74, 6) is 2.13. The lowest BCUT2D eigenvalue weighted by molar-refractivity contribution is 0.0712. The van der Waals surface area contributed by atoms with Gasteiger partial charge in [0.05, 0.1) is 47.3 Å². The molecule has 2 saturated heterocycles. The Morgan fingerprint density at radius 3 is 2.40 bits per heavy atom. The molecule has 47 heavy (non-hydrogen) atoms. The van der Waals surface area contributed by atoms with Gasteiger partial charge in [0.15, 0.2) is 11.5 Å². The number of methoxy groups -OCH3 is 1. The molecule has 0 aliphatic carbocycles. The van der Waals surface area contributed by atoms with Crippen molar-refractivity contribution in [2.75, 3.05) is 66.1 Å². The number of piperazine rings is 1. The lowest BCUT2D eigenvalue weighted by atomic mass is 10.0. The average molecular weight is 654 g/mol. The molecule has 246 valence electrons. The van der Waals surface area contributed by atoms with Gasteiger partial charge in [-0.3, -0.25) is 9.79 Å². The third-order valence-corrected chi connectivity index (χ3v) is 10.6. The Labute approximate surface area is 280 Å². The molecular weight excluding hydrogens is 611 g/mol. The summed E-state index contributed by atoms with van der Waals surface area (Å²) in [5, 5.41) is 1.02. The number of benzene rings is 3. The first-order valence-corrected chi connectivity index (χ1v) is 17.6. The maximum absolute atomic E-state index is 13.3. The number of fused-ring (bicyclic) bond motifs is 3. The molecule has 1 aromatic heterocycles. The summed E-state index contributed by atoms with van der Waals surface area (Å²) in [6.07, 6.45) is 5.76. The Hall–Kier alpha value is -3.99. The molecule has 1 unspecified atom stereocenters. The molecule has 9 nitrogen and oxygen atoms in total. The summed E-state index contributed by atoms with van der Waals surface area (Å²) >= 11 is 1.71. The Morgan fingerprint density at radius 1 is 0.872 bits per heavy atom. The lowest BCUT2D eigenvalue weighted by Crippen LogP contribution is -2.47. The van der Waals surface area contributed by atoms with Gasteiger partial charge in [-0.15, -0.1) is 11.3 Å². The van der Waals surface area contributed by atoms with Crippen LogP contribution in [0.15, 0.2) is 65.7 Å². The maximum Gasteiger partial charge on any atom is 0.256 e. The Morgan fingerprint density at radius 2 is 1.64 bits per heavy atom. The zero-order valence-corrected chi connectivity index (χ0v) is 28.1. The fraction of sp³-hybridized carbons (Fsp3) is 0.432. The fourth-order valence-corrected chi connectivity index (χ4v) is 7.77. The molecule has 0 saturated carbocycles. The predicted octanol–water partition coefficient (Wildman–Crippen LogP) is 6.54. The summed E-state index contributed by atoms with van der Waals surface area (Å²) < 4.78 is 19.1. The second-order valence-electron chi connectivity index (χ2n) is 12.8. The van der Waals surface area contributed by atoms with Gasteiger partial charge < -0.3 is 28.9 Å². The second-order valence-corrected chi connectivity index (χ2v) is 13.8. The molecule has 4 aromatic rings. The molecule has 2 fully saturated rings. The molecule has 1 atom stereocenters. The number of nitrogens with zero attached hydrogens (tertiary/aromatic N) is 5. The van der Waals surface area contributed by atoms with Crippen molar-refractivity contribution in [2.24, 2.45) is 4.99 Å². The molecule has 0 spiro atoms. The second kappa shape index (κ2) is 14.0. The monoisotopic (exact) mass is 653 g/mol. The first-order valence-electron chi connectivity index (χ1n) is 16.7. The van der Waals surface area contributed by atoms with Crippen LogP contribution in [0.2, 0.25) is 0 Å². The molecule has 3 aliphatic heterocycles. The average Bonchev–Trinajstić information content (AvgIpc) is 3.70. The van der Waals surface area contributed by atoms with Crippen LogP contribution >= 0.6 is 11.3 Å². The number of hydrogen-bond acceptors (Lipinski definition) is 9. The molecule has 4 heterocycles. The van der Waals surface area contributed by atoms with E-state index in [0.717, 1.165) is 93.3 Å². The quantitative estimate of drug-likeness (QED) is 0.161. The van der Waals surface area contributed by atoms with Gasteiger partial charge in [0.2, 0.25) is 0 Å². The normalized spacial score (nSPS) is 19.9. The molecule has 0 radical (unpaired) electrons. The molecule has 3 aliphatic rings. The summed E-state index contributed by atoms with van der Waals surface area (Å²) in [4.78, 5) is 29.8. The van der Waals surface area contributed by atoms with Gasteiger partial charge in [-0.1, -0.05) is 24.3 Å². The lowest BCUT2D eigenvalue weighted by Gasteiger charge is -2.34. The zero-order valence-electron chi connectivity index (χ0n) is 27.3. The van der Waals surface area contributed by atoms with Gasteiger partial charge in [0.1, 0.15) is 10.8 Å². The highest BCUT2D eigenvalue weighted by molar-refractivity contribution is 7.21. The standard InChI is InChI=1S/C37H43N5O4S/c1-37-13-6-16-42(37)36(43)29-24-32(44-2)33(25-31(29)38-26-37)46-22-8-15-41-19-17-40(18-20-41)14-7-21-45-28-10-5-9-27(23-28)35-39-30-11-3-4-12-34(30)47-35/h3-5,9-12,23-26H,6-8,13-22H2,1-2H3. The first kappa shape index (κ1) is 31.6. The van der Waals surface area contributed by atoms with E-state index in [1.54, 1.807) is 24.5 Å². The van der Waals surface area contributed by atoms with E-state index < -0.39 is 0 Å². The summed E-state index contributed by atoms with van der Waals surface area (Å²) in [7, 11) is 1.62.